The van der Waals surface area contributed by atoms with E-state index >= 15 is 0 Å². The van der Waals surface area contributed by atoms with Crippen molar-refractivity contribution in [3.05, 3.63) is 78.0 Å². The van der Waals surface area contributed by atoms with Gasteiger partial charge >= 0.3 is 11.9 Å². The number of hydrogen-bond donors (Lipinski definition) is 0. The van der Waals surface area contributed by atoms with Crippen LogP contribution >= 0.6 is 0 Å². The van der Waals surface area contributed by atoms with E-state index in [0.717, 1.165) is 28.1 Å². The lowest BCUT2D eigenvalue weighted by atomic mass is 10.1. The Labute approximate surface area is 168 Å². The molecule has 2 heterocycles. The van der Waals surface area contributed by atoms with E-state index in [4.69, 9.17) is 14.6 Å². The molecule has 2 aromatic carbocycles. The van der Waals surface area contributed by atoms with Crippen molar-refractivity contribution < 1.29 is 19.1 Å². The molecule has 0 unspecified atom stereocenters. The van der Waals surface area contributed by atoms with Crippen molar-refractivity contribution in [3.8, 4) is 16.9 Å². The van der Waals surface area contributed by atoms with Gasteiger partial charge in [0.2, 0.25) is 6.10 Å². The maximum atomic E-state index is 12.1. The third kappa shape index (κ3) is 4.27. The lowest BCUT2D eigenvalue weighted by molar-refractivity contribution is -0.156. The Kier molecular flexibility index (Phi) is 5.24. The van der Waals surface area contributed by atoms with Crippen molar-refractivity contribution >= 4 is 18.0 Å². The number of rotatable bonds is 5. The van der Waals surface area contributed by atoms with Crippen LogP contribution in [0.15, 0.2) is 66.9 Å². The molecule has 0 spiro atoms. The highest BCUT2D eigenvalue weighted by Gasteiger charge is 2.29. The molecule has 29 heavy (non-hydrogen) atoms. The van der Waals surface area contributed by atoms with Gasteiger partial charge in [-0.25, -0.2) is 14.3 Å². The smallest absolute Gasteiger partial charge is 0.347 e. The van der Waals surface area contributed by atoms with Gasteiger partial charge in [0.05, 0.1) is 18.0 Å². The minimum absolute atomic E-state index is 0.280. The standard InChI is InChI=1S/C23H20N2O4/c1-16-7-9-17(10-8-16)22-18(15-25(24-22)19-5-3-2-4-6-19)11-12-21(26)29-20-13-14-28-23(20)27/h2-12,15,20H,13-14H2,1H3/b12-11+/t20-/m1/s1. The lowest BCUT2D eigenvalue weighted by Crippen LogP contribution is -2.21. The maximum Gasteiger partial charge on any atom is 0.347 e. The number of aryl methyl sites for hydroxylation is 1. The van der Waals surface area contributed by atoms with Gasteiger partial charge in [-0.3, -0.25) is 0 Å². The van der Waals surface area contributed by atoms with Gasteiger partial charge in [-0.15, -0.1) is 0 Å². The second-order valence-electron chi connectivity index (χ2n) is 6.79. The molecule has 146 valence electrons. The average Bonchev–Trinajstić information content (AvgIpc) is 3.34. The molecule has 0 radical (unpaired) electrons. The predicted molar refractivity (Wildman–Crippen MR) is 108 cm³/mol. The molecule has 6 nitrogen and oxygen atoms in total. The summed E-state index contributed by atoms with van der Waals surface area (Å²) in [6.45, 7) is 2.30. The number of esters is 2. The summed E-state index contributed by atoms with van der Waals surface area (Å²) >= 11 is 0. The molecule has 6 heteroatoms. The summed E-state index contributed by atoms with van der Waals surface area (Å²) in [6, 6.07) is 17.8. The molecule has 1 aliphatic heterocycles. The van der Waals surface area contributed by atoms with Gasteiger partial charge in [0, 0.05) is 29.8 Å². The van der Waals surface area contributed by atoms with Crippen LogP contribution in [0.25, 0.3) is 23.0 Å². The monoisotopic (exact) mass is 388 g/mol. The first-order chi connectivity index (χ1) is 14.1. The molecule has 3 aromatic rings. The number of aromatic nitrogens is 2. The summed E-state index contributed by atoms with van der Waals surface area (Å²) < 4.78 is 11.8. The Hall–Kier alpha value is -3.67. The van der Waals surface area contributed by atoms with E-state index in [1.165, 1.54) is 6.08 Å². The molecular weight excluding hydrogens is 368 g/mol. The summed E-state index contributed by atoms with van der Waals surface area (Å²) in [4.78, 5) is 23.6. The third-order valence-electron chi connectivity index (χ3n) is 4.63. The number of nitrogens with zero attached hydrogens (tertiary/aromatic N) is 2. The largest absolute Gasteiger partial charge is 0.463 e. The predicted octanol–water partition coefficient (Wildman–Crippen LogP) is 3.72. The molecule has 1 fully saturated rings. The number of benzene rings is 2. The quantitative estimate of drug-likeness (QED) is 0.492. The summed E-state index contributed by atoms with van der Waals surface area (Å²) in [5.41, 5.74) is 4.52. The minimum Gasteiger partial charge on any atom is -0.463 e. The highest BCUT2D eigenvalue weighted by molar-refractivity contribution is 5.91. The fourth-order valence-electron chi connectivity index (χ4n) is 3.08. The first kappa shape index (κ1) is 18.7. The minimum atomic E-state index is -0.823. The normalized spacial score (nSPS) is 16.2. The van der Waals surface area contributed by atoms with Crippen LogP contribution in [0.3, 0.4) is 0 Å². The molecule has 4 rings (SSSR count). The van der Waals surface area contributed by atoms with Crippen LogP contribution in [0.1, 0.15) is 17.5 Å². The topological polar surface area (TPSA) is 70.4 Å². The van der Waals surface area contributed by atoms with Gasteiger partial charge in [-0.2, -0.15) is 5.10 Å². The van der Waals surface area contributed by atoms with Crippen LogP contribution in [-0.4, -0.2) is 34.4 Å². The Bertz CT molecular complexity index is 1050. The van der Waals surface area contributed by atoms with Crippen LogP contribution in [-0.2, 0) is 19.1 Å². The summed E-state index contributed by atoms with van der Waals surface area (Å²) in [5, 5.41) is 4.71. The summed E-state index contributed by atoms with van der Waals surface area (Å²) in [6.07, 6.45) is 4.40. The van der Waals surface area contributed by atoms with Crippen LogP contribution in [0, 0.1) is 6.92 Å². The van der Waals surface area contributed by atoms with Crippen molar-refractivity contribution in [2.24, 2.45) is 0 Å². The first-order valence-corrected chi connectivity index (χ1v) is 9.37. The molecule has 0 aliphatic carbocycles. The highest BCUT2D eigenvalue weighted by atomic mass is 16.6. The second-order valence-corrected chi connectivity index (χ2v) is 6.79. The number of cyclic esters (lactones) is 1. The fourth-order valence-corrected chi connectivity index (χ4v) is 3.08. The molecule has 0 saturated carbocycles. The maximum absolute atomic E-state index is 12.1. The van der Waals surface area contributed by atoms with Crippen molar-refractivity contribution in [1.82, 2.24) is 9.78 Å². The van der Waals surface area contributed by atoms with Crippen molar-refractivity contribution in [2.75, 3.05) is 6.61 Å². The van der Waals surface area contributed by atoms with E-state index in [0.29, 0.717) is 6.42 Å². The van der Waals surface area contributed by atoms with E-state index in [-0.39, 0.29) is 6.61 Å². The van der Waals surface area contributed by atoms with Crippen LogP contribution in [0.5, 0.6) is 0 Å². The SMILES string of the molecule is Cc1ccc(-c2nn(-c3ccccc3)cc2/C=C/C(=O)O[C@@H]2CCOC2=O)cc1. The molecular formula is C23H20N2O4. The number of carbonyl (C=O) groups is 2. The Balaban J connectivity index is 1.63. The summed E-state index contributed by atoms with van der Waals surface area (Å²) in [5.74, 6) is -1.08. The molecule has 0 amide bonds. The molecule has 1 atom stereocenters. The first-order valence-electron chi connectivity index (χ1n) is 9.37. The number of hydrogen-bond acceptors (Lipinski definition) is 5. The van der Waals surface area contributed by atoms with Gasteiger partial charge in [0.1, 0.15) is 0 Å². The van der Waals surface area contributed by atoms with Crippen LogP contribution < -0.4 is 0 Å². The van der Waals surface area contributed by atoms with Crippen molar-refractivity contribution in [2.45, 2.75) is 19.4 Å². The molecule has 1 saturated heterocycles. The molecule has 0 N–H and O–H groups in total. The number of para-hydroxylation sites is 1. The van der Waals surface area contributed by atoms with Gasteiger partial charge in [0.15, 0.2) is 0 Å². The van der Waals surface area contributed by atoms with Crippen LogP contribution in [0.4, 0.5) is 0 Å². The fraction of sp³-hybridized carbons (Fsp3) is 0.174. The van der Waals surface area contributed by atoms with Gasteiger partial charge < -0.3 is 9.47 Å². The average molecular weight is 388 g/mol. The Morgan fingerprint density at radius 1 is 1.17 bits per heavy atom. The molecule has 1 aliphatic rings. The Morgan fingerprint density at radius 3 is 2.62 bits per heavy atom. The Morgan fingerprint density at radius 2 is 1.93 bits per heavy atom. The van der Waals surface area contributed by atoms with Gasteiger partial charge in [0.25, 0.3) is 0 Å². The van der Waals surface area contributed by atoms with Gasteiger partial charge in [-0.05, 0) is 25.1 Å². The van der Waals surface area contributed by atoms with Gasteiger partial charge in [-0.1, -0.05) is 48.0 Å². The summed E-state index contributed by atoms with van der Waals surface area (Å²) in [7, 11) is 0. The van der Waals surface area contributed by atoms with Crippen molar-refractivity contribution in [1.29, 1.82) is 0 Å². The highest BCUT2D eigenvalue weighted by Crippen LogP contribution is 2.25. The number of ether oxygens (including phenoxy) is 2. The zero-order valence-corrected chi connectivity index (χ0v) is 15.9. The molecule has 1 aromatic heterocycles. The third-order valence-corrected chi connectivity index (χ3v) is 4.63. The van der Waals surface area contributed by atoms with Crippen molar-refractivity contribution in [3.63, 3.8) is 0 Å². The van der Waals surface area contributed by atoms with E-state index in [2.05, 4.69) is 0 Å². The van der Waals surface area contributed by atoms with E-state index in [1.807, 2.05) is 67.7 Å². The number of carbonyl (C=O) groups excluding carboxylic acids is 2. The van der Waals surface area contributed by atoms with E-state index in [9.17, 15) is 9.59 Å². The zero-order valence-electron chi connectivity index (χ0n) is 15.9. The second kappa shape index (κ2) is 8.14. The van der Waals surface area contributed by atoms with Crippen LogP contribution in [0.2, 0.25) is 0 Å². The molecule has 0 bridgehead atoms. The van der Waals surface area contributed by atoms with E-state index < -0.39 is 18.0 Å². The van der Waals surface area contributed by atoms with E-state index in [1.54, 1.807) is 10.8 Å². The zero-order chi connectivity index (χ0) is 20.2. The lowest BCUT2D eigenvalue weighted by Gasteiger charge is -2.05.